The molecule has 0 spiro atoms. The number of benzene rings is 1. The maximum Gasteiger partial charge on any atom is 0.0456 e. The highest BCUT2D eigenvalue weighted by Crippen LogP contribution is 2.29. The minimum atomic E-state index is 0.288. The number of likely N-dealkylation sites (N-methyl/N-ethyl adjacent to an activating group) is 1. The third-order valence-electron chi connectivity index (χ3n) is 3.45. The van der Waals surface area contributed by atoms with Gasteiger partial charge in [-0.25, -0.2) is 0 Å². The van der Waals surface area contributed by atoms with Crippen molar-refractivity contribution in [3.8, 4) is 0 Å². The number of halogens is 1. The fraction of sp³-hybridized carbons (Fsp3) is 0.412. The zero-order valence-electron chi connectivity index (χ0n) is 12.4. The molecule has 0 bridgehead atoms. The molecule has 0 amide bonds. The lowest BCUT2D eigenvalue weighted by Gasteiger charge is -2.19. The van der Waals surface area contributed by atoms with Gasteiger partial charge in [0.1, 0.15) is 0 Å². The molecule has 1 atom stereocenters. The lowest BCUT2D eigenvalue weighted by Crippen LogP contribution is -2.23. The van der Waals surface area contributed by atoms with Crippen LogP contribution in [0.5, 0.6) is 0 Å². The van der Waals surface area contributed by atoms with E-state index in [2.05, 4.69) is 50.4 Å². The van der Waals surface area contributed by atoms with Crippen LogP contribution in [0.25, 0.3) is 0 Å². The summed E-state index contributed by atoms with van der Waals surface area (Å²) < 4.78 is 0. The van der Waals surface area contributed by atoms with E-state index in [1.165, 1.54) is 20.9 Å². The van der Waals surface area contributed by atoms with Crippen molar-refractivity contribution in [2.45, 2.75) is 39.7 Å². The maximum atomic E-state index is 6.42. The minimum absolute atomic E-state index is 0.288. The van der Waals surface area contributed by atoms with Crippen LogP contribution in [0.2, 0.25) is 5.02 Å². The van der Waals surface area contributed by atoms with Crippen molar-refractivity contribution in [3.63, 3.8) is 0 Å². The monoisotopic (exact) mass is 307 g/mol. The van der Waals surface area contributed by atoms with Gasteiger partial charge in [0.05, 0.1) is 0 Å². The van der Waals surface area contributed by atoms with Crippen LogP contribution in [0.3, 0.4) is 0 Å². The van der Waals surface area contributed by atoms with Crippen molar-refractivity contribution < 1.29 is 0 Å². The molecule has 1 heterocycles. The molecular weight excluding hydrogens is 286 g/mol. The van der Waals surface area contributed by atoms with Crippen molar-refractivity contribution in [2.24, 2.45) is 0 Å². The quantitative estimate of drug-likeness (QED) is 0.776. The highest BCUT2D eigenvalue weighted by molar-refractivity contribution is 7.11. The highest BCUT2D eigenvalue weighted by Gasteiger charge is 2.15. The van der Waals surface area contributed by atoms with Crippen LogP contribution >= 0.6 is 22.9 Å². The van der Waals surface area contributed by atoms with Crippen LogP contribution in [-0.2, 0) is 12.8 Å². The molecule has 1 nitrogen and oxygen atoms in total. The molecule has 2 rings (SSSR count). The Labute approximate surface area is 131 Å². The molecule has 0 aliphatic heterocycles. The molecule has 0 saturated heterocycles. The molecule has 0 aliphatic carbocycles. The first kappa shape index (κ1) is 15.6. The Morgan fingerprint density at radius 3 is 2.50 bits per heavy atom. The Bertz CT molecular complexity index is 562. The minimum Gasteiger partial charge on any atom is -0.310 e. The Hall–Kier alpha value is -0.830. The van der Waals surface area contributed by atoms with Gasteiger partial charge >= 0.3 is 0 Å². The average molecular weight is 308 g/mol. The normalized spacial score (nSPS) is 12.6. The van der Waals surface area contributed by atoms with Crippen LogP contribution in [0.1, 0.15) is 40.8 Å². The molecule has 108 valence electrons. The smallest absolute Gasteiger partial charge is 0.0456 e. The SMILES string of the molecule is CCNC(Cc1ccc(CC)s1)c1ccc(C)cc1Cl. The molecule has 0 fully saturated rings. The molecular formula is C17H22ClNS. The van der Waals surface area contributed by atoms with Gasteiger partial charge in [-0.3, -0.25) is 0 Å². The third-order valence-corrected chi connectivity index (χ3v) is 5.03. The summed E-state index contributed by atoms with van der Waals surface area (Å²) in [5, 5.41) is 4.42. The van der Waals surface area contributed by atoms with Gasteiger partial charge in [-0.2, -0.15) is 0 Å². The maximum absolute atomic E-state index is 6.42. The molecule has 0 aliphatic rings. The van der Waals surface area contributed by atoms with Crippen molar-refractivity contribution in [3.05, 3.63) is 56.2 Å². The van der Waals surface area contributed by atoms with E-state index in [1.54, 1.807) is 0 Å². The Morgan fingerprint density at radius 2 is 1.90 bits per heavy atom. The predicted molar refractivity (Wildman–Crippen MR) is 90.0 cm³/mol. The van der Waals surface area contributed by atoms with Gasteiger partial charge in [-0.05, 0) is 49.2 Å². The molecule has 1 N–H and O–H groups in total. The zero-order chi connectivity index (χ0) is 14.5. The Morgan fingerprint density at radius 1 is 1.15 bits per heavy atom. The van der Waals surface area contributed by atoms with Crippen LogP contribution in [0.15, 0.2) is 30.3 Å². The van der Waals surface area contributed by atoms with Gasteiger partial charge < -0.3 is 5.32 Å². The van der Waals surface area contributed by atoms with Crippen LogP contribution in [-0.4, -0.2) is 6.54 Å². The summed E-state index contributed by atoms with van der Waals surface area (Å²) in [6.45, 7) is 7.36. The first-order chi connectivity index (χ1) is 9.63. The summed E-state index contributed by atoms with van der Waals surface area (Å²) in [6, 6.07) is 11.1. The van der Waals surface area contributed by atoms with Crippen molar-refractivity contribution >= 4 is 22.9 Å². The van der Waals surface area contributed by atoms with Gasteiger partial charge in [0.2, 0.25) is 0 Å². The number of nitrogens with one attached hydrogen (secondary N) is 1. The highest BCUT2D eigenvalue weighted by atomic mass is 35.5. The zero-order valence-corrected chi connectivity index (χ0v) is 13.9. The average Bonchev–Trinajstić information content (AvgIpc) is 2.86. The van der Waals surface area contributed by atoms with Gasteiger partial charge in [0.15, 0.2) is 0 Å². The first-order valence-electron chi connectivity index (χ1n) is 7.21. The van der Waals surface area contributed by atoms with E-state index in [9.17, 15) is 0 Å². The van der Waals surface area contributed by atoms with E-state index in [4.69, 9.17) is 11.6 Å². The number of rotatable bonds is 6. The Kier molecular flexibility index (Phi) is 5.64. The van der Waals surface area contributed by atoms with E-state index >= 15 is 0 Å². The third kappa shape index (κ3) is 3.85. The molecule has 0 saturated carbocycles. The summed E-state index contributed by atoms with van der Waals surface area (Å²) in [4.78, 5) is 2.87. The van der Waals surface area contributed by atoms with Gasteiger partial charge in [-0.15, -0.1) is 11.3 Å². The molecule has 0 radical (unpaired) electrons. The van der Waals surface area contributed by atoms with E-state index < -0.39 is 0 Å². The van der Waals surface area contributed by atoms with Crippen molar-refractivity contribution in [1.29, 1.82) is 0 Å². The summed E-state index contributed by atoms with van der Waals surface area (Å²) in [6.07, 6.45) is 2.11. The second-order valence-corrected chi connectivity index (χ2v) is 6.72. The van der Waals surface area contributed by atoms with E-state index in [1.807, 2.05) is 17.4 Å². The van der Waals surface area contributed by atoms with Crippen molar-refractivity contribution in [1.82, 2.24) is 5.32 Å². The topological polar surface area (TPSA) is 12.0 Å². The summed E-state index contributed by atoms with van der Waals surface area (Å²) in [5.74, 6) is 0. The molecule has 1 aromatic carbocycles. The lowest BCUT2D eigenvalue weighted by atomic mass is 10.0. The van der Waals surface area contributed by atoms with Gasteiger partial charge in [-0.1, -0.05) is 37.6 Å². The predicted octanol–water partition coefficient (Wildman–Crippen LogP) is 5.17. The molecule has 1 unspecified atom stereocenters. The molecule has 2 aromatic rings. The number of hydrogen-bond donors (Lipinski definition) is 1. The van der Waals surface area contributed by atoms with Crippen LogP contribution in [0.4, 0.5) is 0 Å². The summed E-state index contributed by atoms with van der Waals surface area (Å²) in [7, 11) is 0. The second kappa shape index (κ2) is 7.26. The van der Waals surface area contributed by atoms with E-state index in [-0.39, 0.29) is 6.04 Å². The van der Waals surface area contributed by atoms with Crippen molar-refractivity contribution in [2.75, 3.05) is 6.54 Å². The molecule has 20 heavy (non-hydrogen) atoms. The standard InChI is InChI=1S/C17H22ClNS/c1-4-13-7-8-14(20-13)11-17(19-5-2)15-9-6-12(3)10-16(15)18/h6-10,17,19H,4-5,11H2,1-3H3. The summed E-state index contributed by atoms with van der Waals surface area (Å²) >= 11 is 8.33. The van der Waals surface area contributed by atoms with Gasteiger partial charge in [0.25, 0.3) is 0 Å². The molecule has 1 aromatic heterocycles. The first-order valence-corrected chi connectivity index (χ1v) is 8.40. The fourth-order valence-electron chi connectivity index (χ4n) is 2.38. The largest absolute Gasteiger partial charge is 0.310 e. The molecule has 3 heteroatoms. The number of hydrogen-bond acceptors (Lipinski definition) is 2. The lowest BCUT2D eigenvalue weighted by molar-refractivity contribution is 0.553. The van der Waals surface area contributed by atoms with Crippen LogP contribution in [0, 0.1) is 6.92 Å². The summed E-state index contributed by atoms with van der Waals surface area (Å²) in [5.41, 5.74) is 2.41. The van der Waals surface area contributed by atoms with E-state index in [0.29, 0.717) is 0 Å². The fourth-order valence-corrected chi connectivity index (χ4v) is 3.75. The van der Waals surface area contributed by atoms with Crippen LogP contribution < -0.4 is 5.32 Å². The Balaban J connectivity index is 2.21. The van der Waals surface area contributed by atoms with Gasteiger partial charge in [0, 0.05) is 27.2 Å². The number of thiophene rings is 1. The number of aryl methyl sites for hydroxylation is 2. The van der Waals surface area contributed by atoms with E-state index in [0.717, 1.165) is 24.4 Å². The second-order valence-electron chi connectivity index (χ2n) is 5.06.